The minimum Gasteiger partial charge on any atom is -0.384 e. The van der Waals surface area contributed by atoms with Gasteiger partial charge < -0.3 is 20.5 Å². The van der Waals surface area contributed by atoms with Gasteiger partial charge in [-0.15, -0.1) is 0 Å². The SMILES string of the molecule is C=C/C=C(/c1cc(F)cc(NCCN(C)C)c1)c1nc(-c2n[nH]c3cnc(C4=CCNCC4)cc23)[nH]c1C. The average molecular weight is 513 g/mol. The molecule has 0 saturated heterocycles. The van der Waals surface area contributed by atoms with Gasteiger partial charge in [-0.1, -0.05) is 24.8 Å². The van der Waals surface area contributed by atoms with Crippen molar-refractivity contribution in [3.8, 4) is 11.5 Å². The van der Waals surface area contributed by atoms with Crippen LogP contribution in [0.15, 0.2) is 55.3 Å². The molecule has 4 N–H and O–H groups in total. The van der Waals surface area contributed by atoms with Crippen LogP contribution in [0.2, 0.25) is 0 Å². The van der Waals surface area contributed by atoms with E-state index in [1.54, 1.807) is 6.08 Å². The number of imidazole rings is 1. The van der Waals surface area contributed by atoms with Crippen LogP contribution in [0.5, 0.6) is 0 Å². The van der Waals surface area contributed by atoms with Crippen molar-refractivity contribution in [1.82, 2.24) is 35.4 Å². The Kier molecular flexibility index (Phi) is 7.48. The Hall–Kier alpha value is -4.08. The normalized spacial score (nSPS) is 14.2. The summed E-state index contributed by atoms with van der Waals surface area (Å²) >= 11 is 0. The summed E-state index contributed by atoms with van der Waals surface area (Å²) in [7, 11) is 4.01. The maximum Gasteiger partial charge on any atom is 0.159 e. The molecule has 0 spiro atoms. The highest BCUT2D eigenvalue weighted by molar-refractivity contribution is 5.93. The summed E-state index contributed by atoms with van der Waals surface area (Å²) < 4.78 is 14.7. The maximum absolute atomic E-state index is 14.7. The van der Waals surface area contributed by atoms with Crippen LogP contribution in [0.1, 0.15) is 29.1 Å². The van der Waals surface area contributed by atoms with Gasteiger partial charge in [-0.2, -0.15) is 5.10 Å². The van der Waals surface area contributed by atoms with E-state index in [-0.39, 0.29) is 5.82 Å². The number of nitrogens with zero attached hydrogens (tertiary/aromatic N) is 4. The predicted octanol–water partition coefficient (Wildman–Crippen LogP) is 4.76. The Morgan fingerprint density at radius 3 is 2.87 bits per heavy atom. The van der Waals surface area contributed by atoms with Gasteiger partial charge >= 0.3 is 0 Å². The van der Waals surface area contributed by atoms with Gasteiger partial charge in [0.15, 0.2) is 5.82 Å². The minimum absolute atomic E-state index is 0.316. The van der Waals surface area contributed by atoms with Crippen LogP contribution >= 0.6 is 0 Å². The van der Waals surface area contributed by atoms with Crippen molar-refractivity contribution in [3.05, 3.63) is 83.7 Å². The van der Waals surface area contributed by atoms with Crippen LogP contribution in [0, 0.1) is 12.7 Å². The fraction of sp³-hybridized carbons (Fsp3) is 0.276. The lowest BCUT2D eigenvalue weighted by molar-refractivity contribution is 0.425. The number of benzene rings is 1. The van der Waals surface area contributed by atoms with E-state index in [2.05, 4.69) is 54.4 Å². The molecule has 0 unspecified atom stereocenters. The molecule has 9 heteroatoms. The highest BCUT2D eigenvalue weighted by Crippen LogP contribution is 2.32. The van der Waals surface area contributed by atoms with Gasteiger partial charge in [0.25, 0.3) is 0 Å². The molecule has 0 radical (unpaired) electrons. The third-order valence-corrected chi connectivity index (χ3v) is 6.59. The van der Waals surface area contributed by atoms with E-state index in [1.807, 2.05) is 39.4 Å². The third kappa shape index (κ3) is 5.44. The minimum atomic E-state index is -0.316. The number of aromatic nitrogens is 5. The highest BCUT2D eigenvalue weighted by Gasteiger charge is 2.19. The molecule has 5 rings (SSSR count). The molecule has 1 aliphatic heterocycles. The summed E-state index contributed by atoms with van der Waals surface area (Å²) in [6, 6.07) is 7.04. The molecule has 3 aromatic heterocycles. The Morgan fingerprint density at radius 1 is 1.24 bits per heavy atom. The molecule has 196 valence electrons. The number of H-pyrrole nitrogens is 2. The third-order valence-electron chi connectivity index (χ3n) is 6.59. The first-order valence-electron chi connectivity index (χ1n) is 12.8. The number of hydrogen-bond acceptors (Lipinski definition) is 6. The smallest absolute Gasteiger partial charge is 0.159 e. The van der Waals surface area contributed by atoms with Crippen LogP contribution in [0.25, 0.3) is 33.6 Å². The summed E-state index contributed by atoms with van der Waals surface area (Å²) in [6.45, 7) is 9.17. The highest BCUT2D eigenvalue weighted by atomic mass is 19.1. The zero-order valence-electron chi connectivity index (χ0n) is 22.0. The Balaban J connectivity index is 1.51. The first-order chi connectivity index (χ1) is 18.4. The Labute approximate surface area is 221 Å². The van der Waals surface area contributed by atoms with E-state index in [1.165, 1.54) is 17.7 Å². The van der Waals surface area contributed by atoms with E-state index in [0.717, 1.165) is 76.6 Å². The van der Waals surface area contributed by atoms with Gasteiger partial charge in [0, 0.05) is 42.0 Å². The number of allylic oxidation sites excluding steroid dienone is 2. The number of aromatic amines is 2. The van der Waals surface area contributed by atoms with Crippen LogP contribution in [-0.2, 0) is 0 Å². The number of aryl methyl sites for hydroxylation is 1. The molecule has 0 atom stereocenters. The van der Waals surface area contributed by atoms with Crippen LogP contribution in [-0.4, -0.2) is 70.3 Å². The van der Waals surface area contributed by atoms with Gasteiger partial charge in [-0.25, -0.2) is 9.37 Å². The molecule has 4 heterocycles. The van der Waals surface area contributed by atoms with Crippen molar-refractivity contribution < 1.29 is 4.39 Å². The van der Waals surface area contributed by atoms with Crippen LogP contribution in [0.3, 0.4) is 0 Å². The lowest BCUT2D eigenvalue weighted by Gasteiger charge is -2.13. The van der Waals surface area contributed by atoms with Crippen LogP contribution in [0.4, 0.5) is 10.1 Å². The number of likely N-dealkylation sites (N-methyl/N-ethyl adjacent to an activating group) is 1. The average Bonchev–Trinajstić information content (AvgIpc) is 3.50. The van der Waals surface area contributed by atoms with Crippen molar-refractivity contribution >= 4 is 27.7 Å². The predicted molar refractivity (Wildman–Crippen MR) is 152 cm³/mol. The van der Waals surface area contributed by atoms with Gasteiger partial charge in [0.1, 0.15) is 11.5 Å². The van der Waals surface area contributed by atoms with Gasteiger partial charge in [-0.3, -0.25) is 10.1 Å². The van der Waals surface area contributed by atoms with E-state index in [0.29, 0.717) is 12.4 Å². The second-order valence-corrected chi connectivity index (χ2v) is 9.70. The lowest BCUT2D eigenvalue weighted by Crippen LogP contribution is -2.20. The summed E-state index contributed by atoms with van der Waals surface area (Å²) in [5.74, 6) is 0.319. The second-order valence-electron chi connectivity index (χ2n) is 9.70. The molecular formula is C29H33FN8. The van der Waals surface area contributed by atoms with E-state index < -0.39 is 0 Å². The zero-order chi connectivity index (χ0) is 26.6. The zero-order valence-corrected chi connectivity index (χ0v) is 22.0. The second kappa shape index (κ2) is 11.1. The molecule has 0 bridgehead atoms. The topological polar surface area (TPSA) is 97.5 Å². The van der Waals surface area contributed by atoms with E-state index >= 15 is 0 Å². The van der Waals surface area contributed by atoms with Crippen molar-refractivity contribution in [2.45, 2.75) is 13.3 Å². The van der Waals surface area contributed by atoms with Crippen molar-refractivity contribution in [2.24, 2.45) is 0 Å². The number of halogens is 1. The molecule has 0 saturated carbocycles. The summed E-state index contributed by atoms with van der Waals surface area (Å²) in [5, 5.41) is 15.2. The van der Waals surface area contributed by atoms with Gasteiger partial charge in [0.2, 0.25) is 0 Å². The molecule has 4 aromatic rings. The number of nitrogens with one attached hydrogen (secondary N) is 4. The van der Waals surface area contributed by atoms with E-state index in [4.69, 9.17) is 4.98 Å². The van der Waals surface area contributed by atoms with Crippen molar-refractivity contribution in [1.29, 1.82) is 0 Å². The van der Waals surface area contributed by atoms with Gasteiger partial charge in [0.05, 0.1) is 23.1 Å². The fourth-order valence-electron chi connectivity index (χ4n) is 4.66. The molecule has 0 aliphatic carbocycles. The van der Waals surface area contributed by atoms with Crippen molar-refractivity contribution in [2.75, 3.05) is 45.6 Å². The molecule has 1 aliphatic rings. The first-order valence-corrected chi connectivity index (χ1v) is 12.8. The van der Waals surface area contributed by atoms with Crippen LogP contribution < -0.4 is 10.6 Å². The summed E-state index contributed by atoms with van der Waals surface area (Å²) in [4.78, 5) is 15.0. The number of pyridine rings is 1. The molecular weight excluding hydrogens is 479 g/mol. The largest absolute Gasteiger partial charge is 0.384 e. The molecule has 1 aromatic carbocycles. The summed E-state index contributed by atoms with van der Waals surface area (Å²) in [5.41, 5.74) is 7.52. The first kappa shape index (κ1) is 25.6. The van der Waals surface area contributed by atoms with Gasteiger partial charge in [-0.05, 0) is 69.4 Å². The number of rotatable bonds is 9. The molecule has 8 nitrogen and oxygen atoms in total. The Bertz CT molecular complexity index is 1520. The fourth-order valence-corrected chi connectivity index (χ4v) is 4.66. The summed E-state index contributed by atoms with van der Waals surface area (Å²) in [6.07, 6.45) is 8.50. The van der Waals surface area contributed by atoms with E-state index in [9.17, 15) is 4.39 Å². The van der Waals surface area contributed by atoms with Crippen molar-refractivity contribution in [3.63, 3.8) is 0 Å². The number of hydrogen-bond donors (Lipinski definition) is 4. The maximum atomic E-state index is 14.7. The quantitative estimate of drug-likeness (QED) is 0.241. The monoisotopic (exact) mass is 512 g/mol. The standard InChI is InChI=1S/C29H33FN8/c1-5-6-23(20-13-21(30)15-22(14-20)32-11-12-38(3)4)27-18(2)34-29(35-27)28-24-16-25(19-7-9-31-10-8-19)33-17-26(24)36-37-28/h5-7,13-17,31-32H,1,8-12H2,2-4H3,(H,34,35)(H,36,37)/b23-6-. The number of fused-ring (bicyclic) bond motifs is 1. The molecule has 0 amide bonds. The molecule has 0 fully saturated rings. The molecule has 38 heavy (non-hydrogen) atoms. The lowest BCUT2D eigenvalue weighted by atomic mass is 10.00. The Morgan fingerprint density at radius 2 is 2.11 bits per heavy atom. The number of anilines is 1.